The van der Waals surface area contributed by atoms with Gasteiger partial charge in [0.2, 0.25) is 5.95 Å². The fourth-order valence-corrected chi connectivity index (χ4v) is 2.62. The predicted molar refractivity (Wildman–Crippen MR) is 105 cm³/mol. The van der Waals surface area contributed by atoms with Crippen LogP contribution in [-0.4, -0.2) is 16.1 Å². The van der Waals surface area contributed by atoms with Crippen molar-refractivity contribution in [1.29, 1.82) is 0 Å². The van der Waals surface area contributed by atoms with Crippen LogP contribution in [0.1, 0.15) is 13.8 Å². The molecular formula is C19H19BrN4O. The van der Waals surface area contributed by atoms with Gasteiger partial charge >= 0.3 is 0 Å². The fourth-order valence-electron chi connectivity index (χ4n) is 2.24. The molecule has 1 heterocycles. The Bertz CT molecular complexity index is 854. The van der Waals surface area contributed by atoms with Gasteiger partial charge in [-0.1, -0.05) is 24.3 Å². The quantitative estimate of drug-likeness (QED) is 0.572. The van der Waals surface area contributed by atoms with Crippen molar-refractivity contribution in [1.82, 2.24) is 9.97 Å². The SMILES string of the molecule is CC(C)Oc1ccccc1Nc1nccc(Nc2ccccc2Br)n1. The highest BCUT2D eigenvalue weighted by Crippen LogP contribution is 2.28. The molecule has 3 aromatic rings. The molecule has 0 fully saturated rings. The van der Waals surface area contributed by atoms with E-state index >= 15 is 0 Å². The van der Waals surface area contributed by atoms with Gasteiger partial charge in [0.25, 0.3) is 0 Å². The summed E-state index contributed by atoms with van der Waals surface area (Å²) in [5.41, 5.74) is 1.77. The molecule has 0 unspecified atom stereocenters. The number of nitrogens with one attached hydrogen (secondary N) is 2. The van der Waals surface area contributed by atoms with Gasteiger partial charge in [-0.05, 0) is 60.1 Å². The number of ether oxygens (including phenoxy) is 1. The zero-order valence-corrected chi connectivity index (χ0v) is 15.6. The smallest absolute Gasteiger partial charge is 0.229 e. The summed E-state index contributed by atoms with van der Waals surface area (Å²) in [6, 6.07) is 17.4. The molecule has 0 saturated carbocycles. The van der Waals surface area contributed by atoms with Crippen LogP contribution in [0.4, 0.5) is 23.1 Å². The maximum atomic E-state index is 5.82. The Hall–Kier alpha value is -2.60. The van der Waals surface area contributed by atoms with Crippen molar-refractivity contribution >= 4 is 39.1 Å². The van der Waals surface area contributed by atoms with E-state index in [1.807, 2.05) is 68.4 Å². The largest absolute Gasteiger partial charge is 0.489 e. The van der Waals surface area contributed by atoms with E-state index < -0.39 is 0 Å². The number of hydrogen-bond donors (Lipinski definition) is 2. The number of nitrogens with zero attached hydrogens (tertiary/aromatic N) is 2. The van der Waals surface area contributed by atoms with Crippen molar-refractivity contribution < 1.29 is 4.74 Å². The summed E-state index contributed by atoms with van der Waals surface area (Å²) in [4.78, 5) is 8.80. The molecule has 0 amide bonds. The van der Waals surface area contributed by atoms with Gasteiger partial charge in [0.1, 0.15) is 11.6 Å². The van der Waals surface area contributed by atoms with E-state index in [2.05, 4.69) is 36.5 Å². The second-order valence-electron chi connectivity index (χ2n) is 5.66. The van der Waals surface area contributed by atoms with Gasteiger partial charge in [0, 0.05) is 10.7 Å². The van der Waals surface area contributed by atoms with Crippen molar-refractivity contribution in [3.8, 4) is 5.75 Å². The van der Waals surface area contributed by atoms with Crippen LogP contribution < -0.4 is 15.4 Å². The Balaban J connectivity index is 1.80. The van der Waals surface area contributed by atoms with Crippen LogP contribution in [0, 0.1) is 0 Å². The van der Waals surface area contributed by atoms with Gasteiger partial charge in [0.05, 0.1) is 17.5 Å². The Labute approximate surface area is 155 Å². The monoisotopic (exact) mass is 398 g/mol. The first-order valence-corrected chi connectivity index (χ1v) is 8.78. The molecule has 128 valence electrons. The Morgan fingerprint density at radius 2 is 1.64 bits per heavy atom. The third-order valence-electron chi connectivity index (χ3n) is 3.29. The number of aromatic nitrogens is 2. The lowest BCUT2D eigenvalue weighted by atomic mass is 10.3. The van der Waals surface area contributed by atoms with E-state index in [0.29, 0.717) is 11.8 Å². The Morgan fingerprint density at radius 1 is 0.920 bits per heavy atom. The highest BCUT2D eigenvalue weighted by Gasteiger charge is 2.08. The van der Waals surface area contributed by atoms with Gasteiger partial charge in [-0.25, -0.2) is 4.98 Å². The average Bonchev–Trinajstić information content (AvgIpc) is 2.59. The molecule has 0 saturated heterocycles. The molecule has 2 aromatic carbocycles. The van der Waals surface area contributed by atoms with Crippen LogP contribution in [0.5, 0.6) is 5.75 Å². The first-order chi connectivity index (χ1) is 12.1. The minimum Gasteiger partial charge on any atom is -0.489 e. The summed E-state index contributed by atoms with van der Waals surface area (Å²) in [6.07, 6.45) is 1.80. The molecule has 0 aliphatic carbocycles. The molecule has 25 heavy (non-hydrogen) atoms. The highest BCUT2D eigenvalue weighted by molar-refractivity contribution is 9.10. The number of para-hydroxylation sites is 3. The molecule has 0 atom stereocenters. The van der Waals surface area contributed by atoms with E-state index in [0.717, 1.165) is 21.6 Å². The van der Waals surface area contributed by atoms with E-state index in [-0.39, 0.29) is 6.10 Å². The summed E-state index contributed by atoms with van der Waals surface area (Å²) in [6.45, 7) is 3.99. The third-order valence-corrected chi connectivity index (χ3v) is 3.98. The first-order valence-electron chi connectivity index (χ1n) is 7.99. The topological polar surface area (TPSA) is 59.1 Å². The van der Waals surface area contributed by atoms with E-state index in [1.54, 1.807) is 6.20 Å². The van der Waals surface area contributed by atoms with Gasteiger partial charge in [0.15, 0.2) is 0 Å². The second-order valence-corrected chi connectivity index (χ2v) is 6.51. The van der Waals surface area contributed by atoms with E-state index in [9.17, 15) is 0 Å². The highest BCUT2D eigenvalue weighted by atomic mass is 79.9. The minimum absolute atomic E-state index is 0.0901. The number of rotatable bonds is 6. The lowest BCUT2D eigenvalue weighted by Crippen LogP contribution is -2.08. The van der Waals surface area contributed by atoms with Crippen LogP contribution in [-0.2, 0) is 0 Å². The molecule has 5 nitrogen and oxygen atoms in total. The zero-order chi connectivity index (χ0) is 17.6. The van der Waals surface area contributed by atoms with Gasteiger partial charge < -0.3 is 15.4 Å². The summed E-state index contributed by atoms with van der Waals surface area (Å²) in [7, 11) is 0. The summed E-state index contributed by atoms with van der Waals surface area (Å²) in [5.74, 6) is 1.97. The van der Waals surface area contributed by atoms with Crippen molar-refractivity contribution in [2.24, 2.45) is 0 Å². The first kappa shape index (κ1) is 17.2. The summed E-state index contributed by atoms with van der Waals surface area (Å²) < 4.78 is 6.79. The standard InChI is InChI=1S/C19H19BrN4O/c1-13(2)25-17-10-6-5-9-16(17)23-19-21-12-11-18(24-19)22-15-8-4-3-7-14(15)20/h3-13H,1-2H3,(H2,21,22,23,24). The maximum absolute atomic E-state index is 5.82. The minimum atomic E-state index is 0.0901. The Morgan fingerprint density at radius 3 is 2.40 bits per heavy atom. The molecule has 3 rings (SSSR count). The van der Waals surface area contributed by atoms with Crippen LogP contribution in [0.3, 0.4) is 0 Å². The van der Waals surface area contributed by atoms with Gasteiger partial charge in [-0.2, -0.15) is 4.98 Å². The van der Waals surface area contributed by atoms with Crippen molar-refractivity contribution in [3.63, 3.8) is 0 Å². The molecule has 0 spiro atoms. The normalized spacial score (nSPS) is 10.6. The van der Waals surface area contributed by atoms with Crippen LogP contribution in [0.15, 0.2) is 65.3 Å². The molecule has 0 aliphatic rings. The average molecular weight is 399 g/mol. The molecule has 2 N–H and O–H groups in total. The zero-order valence-electron chi connectivity index (χ0n) is 14.0. The van der Waals surface area contributed by atoms with Crippen molar-refractivity contribution in [2.75, 3.05) is 10.6 Å². The lowest BCUT2D eigenvalue weighted by Gasteiger charge is -2.15. The van der Waals surface area contributed by atoms with Gasteiger partial charge in [-0.3, -0.25) is 0 Å². The number of hydrogen-bond acceptors (Lipinski definition) is 5. The van der Waals surface area contributed by atoms with E-state index in [1.165, 1.54) is 0 Å². The molecule has 1 aromatic heterocycles. The maximum Gasteiger partial charge on any atom is 0.229 e. The molecule has 0 aliphatic heterocycles. The third kappa shape index (κ3) is 4.70. The number of anilines is 4. The molecule has 0 bridgehead atoms. The number of halogens is 1. The second kappa shape index (κ2) is 7.98. The molecular weight excluding hydrogens is 380 g/mol. The van der Waals surface area contributed by atoms with Crippen molar-refractivity contribution in [2.45, 2.75) is 20.0 Å². The van der Waals surface area contributed by atoms with Crippen molar-refractivity contribution in [3.05, 3.63) is 65.3 Å². The summed E-state index contributed by atoms with van der Waals surface area (Å²) >= 11 is 3.52. The van der Waals surface area contributed by atoms with E-state index in [4.69, 9.17) is 4.74 Å². The lowest BCUT2D eigenvalue weighted by molar-refractivity contribution is 0.244. The van der Waals surface area contributed by atoms with Crippen LogP contribution in [0.2, 0.25) is 0 Å². The Kier molecular flexibility index (Phi) is 5.50. The fraction of sp³-hybridized carbons (Fsp3) is 0.158. The van der Waals surface area contributed by atoms with Gasteiger partial charge in [-0.15, -0.1) is 0 Å². The van der Waals surface area contributed by atoms with Crippen LogP contribution >= 0.6 is 15.9 Å². The molecule has 6 heteroatoms. The number of benzene rings is 2. The predicted octanol–water partition coefficient (Wildman–Crippen LogP) is 5.51. The molecule has 0 radical (unpaired) electrons. The summed E-state index contributed by atoms with van der Waals surface area (Å²) in [5, 5.41) is 6.50. The van der Waals surface area contributed by atoms with Crippen LogP contribution in [0.25, 0.3) is 0 Å².